The molecule has 2 rings (SSSR count). The Kier molecular flexibility index (Phi) is 4.69. The van der Waals surface area contributed by atoms with Gasteiger partial charge in [0.25, 0.3) is 0 Å². The Labute approximate surface area is 123 Å². The maximum Gasteiger partial charge on any atom is 0.245 e. The van der Waals surface area contributed by atoms with Crippen molar-refractivity contribution in [2.75, 3.05) is 6.54 Å². The molecule has 2 aromatic rings. The third-order valence-electron chi connectivity index (χ3n) is 3.14. The van der Waals surface area contributed by atoms with E-state index in [1.54, 1.807) is 24.1 Å². The van der Waals surface area contributed by atoms with Crippen molar-refractivity contribution in [1.82, 2.24) is 14.7 Å². The fraction of sp³-hybridized carbons (Fsp3) is 0.267. The first-order chi connectivity index (χ1) is 10.1. The van der Waals surface area contributed by atoms with Gasteiger partial charge in [-0.15, -0.1) is 0 Å². The summed E-state index contributed by atoms with van der Waals surface area (Å²) in [6.07, 6.45) is 3.27. The van der Waals surface area contributed by atoms with Crippen LogP contribution in [0.4, 0.5) is 0 Å². The molecule has 2 N–H and O–H groups in total. The summed E-state index contributed by atoms with van der Waals surface area (Å²) in [7, 11) is 1.76. The van der Waals surface area contributed by atoms with E-state index in [0.29, 0.717) is 12.1 Å². The Morgan fingerprint density at radius 2 is 2.19 bits per heavy atom. The van der Waals surface area contributed by atoms with Crippen molar-refractivity contribution < 1.29 is 4.79 Å². The highest BCUT2D eigenvalue weighted by Gasteiger charge is 2.23. The van der Waals surface area contributed by atoms with E-state index in [-0.39, 0.29) is 12.5 Å². The number of hydrogen-bond donors (Lipinski definition) is 1. The number of carbonyl (C=O) groups is 1. The van der Waals surface area contributed by atoms with Crippen LogP contribution in [0.5, 0.6) is 0 Å². The van der Waals surface area contributed by atoms with E-state index in [1.165, 1.54) is 4.90 Å². The monoisotopic (exact) mass is 283 g/mol. The fourth-order valence-corrected chi connectivity index (χ4v) is 2.04. The molecule has 0 aliphatic rings. The van der Waals surface area contributed by atoms with Crippen molar-refractivity contribution >= 4 is 5.91 Å². The number of aromatic nitrogens is 2. The second kappa shape index (κ2) is 6.68. The first kappa shape index (κ1) is 14.8. The number of nitrogens with zero attached hydrogens (tertiary/aromatic N) is 4. The van der Waals surface area contributed by atoms with Gasteiger partial charge in [0, 0.05) is 25.4 Å². The largest absolute Gasteiger partial charge is 0.323 e. The van der Waals surface area contributed by atoms with Crippen molar-refractivity contribution in [3.63, 3.8) is 0 Å². The minimum atomic E-state index is -0.809. The minimum absolute atomic E-state index is 0.00168. The van der Waals surface area contributed by atoms with Gasteiger partial charge in [-0.1, -0.05) is 30.3 Å². The van der Waals surface area contributed by atoms with Gasteiger partial charge in [-0.05, 0) is 5.56 Å². The van der Waals surface area contributed by atoms with Crippen LogP contribution in [0.2, 0.25) is 0 Å². The lowest BCUT2D eigenvalue weighted by molar-refractivity contribution is -0.132. The average molecular weight is 283 g/mol. The molecule has 0 bridgehead atoms. The summed E-state index contributed by atoms with van der Waals surface area (Å²) in [5.41, 5.74) is 7.58. The lowest BCUT2D eigenvalue weighted by Gasteiger charge is -2.22. The van der Waals surface area contributed by atoms with Gasteiger partial charge in [0.15, 0.2) is 0 Å². The highest BCUT2D eigenvalue weighted by atomic mass is 16.2. The molecule has 6 heteroatoms. The summed E-state index contributed by atoms with van der Waals surface area (Å²) in [5.74, 6) is -0.284. The van der Waals surface area contributed by atoms with E-state index >= 15 is 0 Å². The van der Waals surface area contributed by atoms with Gasteiger partial charge in [-0.25, -0.2) is 0 Å². The van der Waals surface area contributed by atoms with Gasteiger partial charge in [-0.3, -0.25) is 9.48 Å². The van der Waals surface area contributed by atoms with Crippen LogP contribution in [0, 0.1) is 11.3 Å². The van der Waals surface area contributed by atoms with Crippen molar-refractivity contribution in [3.05, 3.63) is 53.9 Å². The third kappa shape index (κ3) is 3.68. The molecule has 1 atom stereocenters. The molecule has 1 heterocycles. The topological polar surface area (TPSA) is 87.9 Å². The number of amides is 1. The molecular formula is C15H17N5O. The third-order valence-corrected chi connectivity index (χ3v) is 3.14. The fourth-order valence-electron chi connectivity index (χ4n) is 2.04. The van der Waals surface area contributed by atoms with Crippen LogP contribution in [0.3, 0.4) is 0 Å². The first-order valence-corrected chi connectivity index (χ1v) is 6.55. The van der Waals surface area contributed by atoms with E-state index in [2.05, 4.69) is 5.10 Å². The lowest BCUT2D eigenvalue weighted by Crippen LogP contribution is -2.38. The summed E-state index contributed by atoms with van der Waals surface area (Å²) >= 11 is 0. The molecule has 1 aromatic carbocycles. The van der Waals surface area contributed by atoms with Crippen molar-refractivity contribution in [2.24, 2.45) is 12.8 Å². The van der Waals surface area contributed by atoms with Crippen LogP contribution in [-0.4, -0.2) is 27.1 Å². The van der Waals surface area contributed by atoms with E-state index in [0.717, 1.165) is 5.56 Å². The number of rotatable bonds is 5. The summed E-state index contributed by atoms with van der Waals surface area (Å²) < 4.78 is 1.59. The Morgan fingerprint density at radius 3 is 2.76 bits per heavy atom. The van der Waals surface area contributed by atoms with Gasteiger partial charge in [0.2, 0.25) is 5.91 Å². The molecule has 0 spiro atoms. The summed E-state index contributed by atoms with van der Waals surface area (Å²) in [5, 5.41) is 12.9. The van der Waals surface area contributed by atoms with Gasteiger partial charge < -0.3 is 10.6 Å². The first-order valence-electron chi connectivity index (χ1n) is 6.55. The number of nitrogens with two attached hydrogens (primary N) is 1. The maximum absolute atomic E-state index is 12.5. The Balaban J connectivity index is 2.14. The number of benzene rings is 1. The van der Waals surface area contributed by atoms with E-state index in [9.17, 15) is 4.79 Å². The molecule has 0 aliphatic carbocycles. The van der Waals surface area contributed by atoms with Crippen LogP contribution in [0.1, 0.15) is 17.2 Å². The second-order valence-electron chi connectivity index (χ2n) is 4.76. The number of carbonyl (C=O) groups excluding carboxylic acids is 1. The zero-order chi connectivity index (χ0) is 15.2. The Bertz CT molecular complexity index is 644. The summed E-state index contributed by atoms with van der Waals surface area (Å²) in [6, 6.07) is 10.7. The molecule has 0 saturated heterocycles. The highest BCUT2D eigenvalue weighted by Crippen LogP contribution is 2.14. The Hall–Kier alpha value is -2.65. The highest BCUT2D eigenvalue weighted by molar-refractivity contribution is 5.83. The molecule has 108 valence electrons. The lowest BCUT2D eigenvalue weighted by atomic mass is 10.1. The van der Waals surface area contributed by atoms with Gasteiger partial charge in [0.05, 0.1) is 12.3 Å². The number of hydrogen-bond acceptors (Lipinski definition) is 4. The molecule has 6 nitrogen and oxygen atoms in total. The molecule has 1 aromatic heterocycles. The van der Waals surface area contributed by atoms with Crippen LogP contribution in [0.25, 0.3) is 0 Å². The molecular weight excluding hydrogens is 266 g/mol. The van der Waals surface area contributed by atoms with Crippen LogP contribution in [-0.2, 0) is 18.4 Å². The zero-order valence-corrected chi connectivity index (χ0v) is 11.8. The minimum Gasteiger partial charge on any atom is -0.323 e. The maximum atomic E-state index is 12.5. The molecule has 0 radical (unpaired) electrons. The predicted octanol–water partition coefficient (Wildman–Crippen LogP) is 0.972. The summed E-state index contributed by atoms with van der Waals surface area (Å²) in [4.78, 5) is 13.9. The van der Waals surface area contributed by atoms with Gasteiger partial charge >= 0.3 is 0 Å². The van der Waals surface area contributed by atoms with E-state index in [1.807, 2.05) is 36.4 Å². The Morgan fingerprint density at radius 1 is 1.48 bits per heavy atom. The molecule has 1 unspecified atom stereocenters. The van der Waals surface area contributed by atoms with Crippen molar-refractivity contribution in [3.8, 4) is 6.07 Å². The number of nitriles is 1. The molecule has 0 aliphatic heterocycles. The van der Waals surface area contributed by atoms with Crippen molar-refractivity contribution in [1.29, 1.82) is 5.26 Å². The van der Waals surface area contributed by atoms with Gasteiger partial charge in [-0.2, -0.15) is 10.4 Å². The average Bonchev–Trinajstić information content (AvgIpc) is 2.93. The molecule has 21 heavy (non-hydrogen) atoms. The van der Waals surface area contributed by atoms with E-state index in [4.69, 9.17) is 11.0 Å². The van der Waals surface area contributed by atoms with Crippen LogP contribution in [0.15, 0.2) is 42.7 Å². The van der Waals surface area contributed by atoms with Gasteiger partial charge in [0.1, 0.15) is 12.6 Å². The number of aryl methyl sites for hydroxylation is 1. The SMILES string of the molecule is Cn1cc(C(N)C(=O)N(CC#N)Cc2ccccc2)cn1. The van der Waals surface area contributed by atoms with Crippen LogP contribution >= 0.6 is 0 Å². The molecule has 1 amide bonds. The standard InChI is InChI=1S/C15H17N5O/c1-19-11-13(9-18-19)14(17)15(21)20(8-7-16)10-12-5-3-2-4-6-12/h2-6,9,11,14H,8,10,17H2,1H3. The van der Waals surface area contributed by atoms with Crippen molar-refractivity contribution in [2.45, 2.75) is 12.6 Å². The zero-order valence-electron chi connectivity index (χ0n) is 11.8. The van der Waals surface area contributed by atoms with Crippen LogP contribution < -0.4 is 5.73 Å². The summed E-state index contributed by atoms with van der Waals surface area (Å²) in [6.45, 7) is 0.364. The normalized spacial score (nSPS) is 11.7. The predicted molar refractivity (Wildman–Crippen MR) is 77.6 cm³/mol. The molecule has 0 fully saturated rings. The quantitative estimate of drug-likeness (QED) is 0.828. The second-order valence-corrected chi connectivity index (χ2v) is 4.76. The molecule has 0 saturated carbocycles. The van der Waals surface area contributed by atoms with E-state index < -0.39 is 6.04 Å². The smallest absolute Gasteiger partial charge is 0.245 e.